The van der Waals surface area contributed by atoms with Gasteiger partial charge < -0.3 is 20.5 Å². The van der Waals surface area contributed by atoms with Gasteiger partial charge in [0.25, 0.3) is 23.6 Å². The first-order valence-corrected chi connectivity index (χ1v) is 11.4. The number of carbonyl (C=O) groups is 4. The molecule has 37 heavy (non-hydrogen) atoms. The molecule has 1 atom stereocenters. The molecule has 0 unspecified atom stereocenters. The standard InChI is InChI=1S/C27H28N4O6/c1-16(2)23(27(36)31-30-26(35)20-9-5-7-11-22(20)32)29-25(34)19-8-4-6-10-21(19)28-24(33)17-12-14-18(37-3)15-13-17/h4-16,23,32H,1-3H3,(H,28,33)(H,29,34)(H,30,35)(H,31,36)/t23-/m0/s1. The zero-order chi connectivity index (χ0) is 26.9. The number of anilines is 1. The molecule has 0 fully saturated rings. The Balaban J connectivity index is 1.69. The molecule has 0 aliphatic carbocycles. The van der Waals surface area contributed by atoms with Crippen molar-refractivity contribution >= 4 is 29.3 Å². The summed E-state index contributed by atoms with van der Waals surface area (Å²) in [5, 5.41) is 15.2. The smallest absolute Gasteiger partial charge is 0.273 e. The van der Waals surface area contributed by atoms with Gasteiger partial charge in [-0.2, -0.15) is 0 Å². The molecule has 0 saturated carbocycles. The lowest BCUT2D eigenvalue weighted by atomic mass is 10.0. The van der Waals surface area contributed by atoms with Crippen molar-refractivity contribution in [3.8, 4) is 11.5 Å². The van der Waals surface area contributed by atoms with Crippen molar-refractivity contribution in [3.63, 3.8) is 0 Å². The average molecular weight is 505 g/mol. The Labute approximate surface area is 214 Å². The summed E-state index contributed by atoms with van der Waals surface area (Å²) in [6.45, 7) is 3.46. The molecule has 3 aromatic rings. The molecule has 10 heteroatoms. The number of methoxy groups -OCH3 is 1. The number of aromatic hydroxyl groups is 1. The minimum Gasteiger partial charge on any atom is -0.507 e. The third-order valence-corrected chi connectivity index (χ3v) is 5.46. The van der Waals surface area contributed by atoms with Crippen LogP contribution in [0.2, 0.25) is 0 Å². The van der Waals surface area contributed by atoms with Crippen molar-refractivity contribution in [2.24, 2.45) is 5.92 Å². The van der Waals surface area contributed by atoms with Gasteiger partial charge in [0.2, 0.25) is 0 Å². The maximum atomic E-state index is 13.1. The van der Waals surface area contributed by atoms with Gasteiger partial charge in [0.15, 0.2) is 0 Å². The van der Waals surface area contributed by atoms with Crippen LogP contribution in [0.4, 0.5) is 5.69 Å². The van der Waals surface area contributed by atoms with Crippen LogP contribution in [0.1, 0.15) is 44.9 Å². The number of amides is 4. The molecule has 3 rings (SSSR count). The van der Waals surface area contributed by atoms with Gasteiger partial charge in [-0.25, -0.2) is 0 Å². The predicted molar refractivity (Wildman–Crippen MR) is 137 cm³/mol. The van der Waals surface area contributed by atoms with Gasteiger partial charge in [0, 0.05) is 5.56 Å². The molecule has 0 bridgehead atoms. The molecule has 3 aromatic carbocycles. The average Bonchev–Trinajstić information content (AvgIpc) is 2.90. The number of hydrogen-bond acceptors (Lipinski definition) is 6. The van der Waals surface area contributed by atoms with E-state index in [4.69, 9.17) is 4.74 Å². The molecule has 0 aromatic heterocycles. The monoisotopic (exact) mass is 504 g/mol. The van der Waals surface area contributed by atoms with E-state index < -0.39 is 29.7 Å². The first-order chi connectivity index (χ1) is 17.7. The predicted octanol–water partition coefficient (Wildman–Crippen LogP) is 2.87. The number of phenolic OH excluding ortho intramolecular Hbond substituents is 1. The molecule has 10 nitrogen and oxygen atoms in total. The fraction of sp³-hybridized carbons (Fsp3) is 0.185. The Kier molecular flexibility index (Phi) is 8.82. The molecule has 5 N–H and O–H groups in total. The number of carbonyl (C=O) groups excluding carboxylic acids is 4. The fourth-order valence-corrected chi connectivity index (χ4v) is 3.41. The molecule has 0 heterocycles. The van der Waals surface area contributed by atoms with Gasteiger partial charge in [-0.15, -0.1) is 0 Å². The SMILES string of the molecule is COc1ccc(C(=O)Nc2ccccc2C(=O)N[C@H](C(=O)NNC(=O)c2ccccc2O)C(C)C)cc1. The largest absolute Gasteiger partial charge is 0.507 e. The summed E-state index contributed by atoms with van der Waals surface area (Å²) in [6, 6.07) is 17.8. The van der Waals surface area contributed by atoms with Gasteiger partial charge in [-0.05, 0) is 54.4 Å². The molecule has 0 saturated heterocycles. The van der Waals surface area contributed by atoms with Crippen LogP contribution in [0, 0.1) is 5.92 Å². The van der Waals surface area contributed by atoms with Crippen LogP contribution in [0.5, 0.6) is 11.5 Å². The number of ether oxygens (including phenoxy) is 1. The summed E-state index contributed by atoms with van der Waals surface area (Å²) in [5.74, 6) is -2.37. The summed E-state index contributed by atoms with van der Waals surface area (Å²) in [7, 11) is 1.52. The van der Waals surface area contributed by atoms with Gasteiger partial charge in [0.1, 0.15) is 17.5 Å². The number of nitrogens with one attached hydrogen (secondary N) is 4. The van der Waals surface area contributed by atoms with Crippen molar-refractivity contribution in [2.75, 3.05) is 12.4 Å². The second-order valence-corrected chi connectivity index (χ2v) is 8.38. The third kappa shape index (κ3) is 6.85. The first kappa shape index (κ1) is 26.7. The minimum atomic E-state index is -1.01. The van der Waals surface area contributed by atoms with E-state index in [0.29, 0.717) is 11.3 Å². The van der Waals surface area contributed by atoms with Crippen LogP contribution in [-0.4, -0.2) is 41.9 Å². The van der Waals surface area contributed by atoms with E-state index in [2.05, 4.69) is 21.5 Å². The lowest BCUT2D eigenvalue weighted by Crippen LogP contribution is -2.54. The van der Waals surface area contributed by atoms with E-state index in [9.17, 15) is 24.3 Å². The molecular formula is C27H28N4O6. The summed E-state index contributed by atoms with van der Waals surface area (Å²) in [4.78, 5) is 50.9. The number of phenols is 1. The Morgan fingerprint density at radius 3 is 2.00 bits per heavy atom. The quantitative estimate of drug-likeness (QED) is 0.298. The third-order valence-electron chi connectivity index (χ3n) is 5.46. The summed E-state index contributed by atoms with van der Waals surface area (Å²) < 4.78 is 5.10. The van der Waals surface area contributed by atoms with Crippen LogP contribution < -0.4 is 26.2 Å². The fourth-order valence-electron chi connectivity index (χ4n) is 3.41. The highest BCUT2D eigenvalue weighted by Crippen LogP contribution is 2.19. The van der Waals surface area contributed by atoms with Gasteiger partial charge in [-0.3, -0.25) is 30.0 Å². The summed E-state index contributed by atoms with van der Waals surface area (Å²) in [6.07, 6.45) is 0. The highest BCUT2D eigenvalue weighted by molar-refractivity contribution is 6.09. The Morgan fingerprint density at radius 1 is 0.757 bits per heavy atom. The highest BCUT2D eigenvalue weighted by Gasteiger charge is 2.26. The lowest BCUT2D eigenvalue weighted by molar-refractivity contribution is -0.124. The number of hydrogen-bond donors (Lipinski definition) is 5. The van der Waals surface area contributed by atoms with E-state index in [1.807, 2.05) is 0 Å². The Bertz CT molecular complexity index is 1290. The van der Waals surface area contributed by atoms with Crippen molar-refractivity contribution in [1.29, 1.82) is 0 Å². The van der Waals surface area contributed by atoms with Crippen molar-refractivity contribution in [2.45, 2.75) is 19.9 Å². The number of benzene rings is 3. The van der Waals surface area contributed by atoms with E-state index in [1.165, 1.54) is 25.3 Å². The minimum absolute atomic E-state index is 0.0190. The molecule has 0 spiro atoms. The van der Waals surface area contributed by atoms with Crippen LogP contribution in [0.25, 0.3) is 0 Å². The summed E-state index contributed by atoms with van der Waals surface area (Å²) >= 11 is 0. The zero-order valence-electron chi connectivity index (χ0n) is 20.6. The van der Waals surface area contributed by atoms with E-state index >= 15 is 0 Å². The summed E-state index contributed by atoms with van der Waals surface area (Å²) in [5.41, 5.74) is 5.28. The van der Waals surface area contributed by atoms with Crippen LogP contribution >= 0.6 is 0 Å². The van der Waals surface area contributed by atoms with E-state index in [1.54, 1.807) is 68.4 Å². The number of hydrazine groups is 1. The normalized spacial score (nSPS) is 11.2. The topological polar surface area (TPSA) is 146 Å². The molecule has 0 radical (unpaired) electrons. The molecule has 0 aliphatic rings. The molecular weight excluding hydrogens is 476 g/mol. The van der Waals surface area contributed by atoms with E-state index in [0.717, 1.165) is 0 Å². The number of para-hydroxylation sites is 2. The van der Waals surface area contributed by atoms with Gasteiger partial charge >= 0.3 is 0 Å². The van der Waals surface area contributed by atoms with Gasteiger partial charge in [-0.1, -0.05) is 38.1 Å². The van der Waals surface area contributed by atoms with Crippen molar-refractivity contribution < 1.29 is 29.0 Å². The molecule has 192 valence electrons. The zero-order valence-corrected chi connectivity index (χ0v) is 20.6. The second-order valence-electron chi connectivity index (χ2n) is 8.38. The Hall–Kier alpha value is -4.86. The highest BCUT2D eigenvalue weighted by atomic mass is 16.5. The van der Waals surface area contributed by atoms with Crippen LogP contribution in [0.15, 0.2) is 72.8 Å². The number of rotatable bonds is 8. The second kappa shape index (κ2) is 12.2. The Morgan fingerprint density at radius 2 is 1.38 bits per heavy atom. The van der Waals surface area contributed by atoms with Gasteiger partial charge in [0.05, 0.1) is 23.9 Å². The van der Waals surface area contributed by atoms with E-state index in [-0.39, 0.29) is 28.5 Å². The van der Waals surface area contributed by atoms with Crippen LogP contribution in [0.3, 0.4) is 0 Å². The lowest BCUT2D eigenvalue weighted by Gasteiger charge is -2.22. The van der Waals surface area contributed by atoms with Crippen molar-refractivity contribution in [1.82, 2.24) is 16.2 Å². The van der Waals surface area contributed by atoms with Crippen LogP contribution in [-0.2, 0) is 4.79 Å². The van der Waals surface area contributed by atoms with Crippen molar-refractivity contribution in [3.05, 3.63) is 89.5 Å². The maximum Gasteiger partial charge on any atom is 0.273 e. The first-order valence-electron chi connectivity index (χ1n) is 11.4. The molecule has 4 amide bonds. The maximum absolute atomic E-state index is 13.1. The molecule has 0 aliphatic heterocycles.